The van der Waals surface area contributed by atoms with Crippen molar-refractivity contribution in [1.82, 2.24) is 4.57 Å². The van der Waals surface area contributed by atoms with Crippen molar-refractivity contribution in [3.63, 3.8) is 0 Å². The number of aromatic nitrogens is 1. The molecule has 2 aromatic carbocycles. The molecule has 4 rings (SSSR count). The Kier molecular flexibility index (Phi) is 7.59. The number of methoxy groups -OCH3 is 2. The number of nitrogens with zero attached hydrogens (tertiary/aromatic N) is 2. The molecule has 0 spiro atoms. The quantitative estimate of drug-likeness (QED) is 0.434. The van der Waals surface area contributed by atoms with Gasteiger partial charge in [-0.25, -0.2) is 9.79 Å². The van der Waals surface area contributed by atoms with E-state index in [-0.39, 0.29) is 12.2 Å². The predicted octanol–water partition coefficient (Wildman–Crippen LogP) is 3.21. The summed E-state index contributed by atoms with van der Waals surface area (Å²) >= 11 is 1.24. The first kappa shape index (κ1) is 25.2. The normalized spacial score (nSPS) is 15.2. The van der Waals surface area contributed by atoms with E-state index >= 15 is 0 Å². The SMILES string of the molecule is CCOC(=O)C1=C(C)N=c2s/c(=C\c3cc(OC)ccc3OC)c(=O)n2[C@@H]1c1ccccc1OCC. The van der Waals surface area contributed by atoms with Crippen molar-refractivity contribution in [2.24, 2.45) is 4.99 Å². The van der Waals surface area contributed by atoms with Gasteiger partial charge in [0.15, 0.2) is 4.80 Å². The van der Waals surface area contributed by atoms with Crippen molar-refractivity contribution in [1.29, 1.82) is 0 Å². The molecule has 0 saturated heterocycles. The Hall–Kier alpha value is -3.85. The third-order valence-electron chi connectivity index (χ3n) is 5.75. The number of carbonyl (C=O) groups is 1. The summed E-state index contributed by atoms with van der Waals surface area (Å²) in [6.45, 7) is 6.02. The minimum atomic E-state index is -0.752. The molecule has 1 aliphatic rings. The number of benzene rings is 2. The highest BCUT2D eigenvalue weighted by Crippen LogP contribution is 2.36. The van der Waals surface area contributed by atoms with Crippen LogP contribution in [0.25, 0.3) is 6.08 Å². The maximum atomic E-state index is 13.9. The summed E-state index contributed by atoms with van der Waals surface area (Å²) < 4.78 is 24.1. The first-order valence-corrected chi connectivity index (χ1v) is 12.4. The van der Waals surface area contributed by atoms with Crippen LogP contribution in [0.4, 0.5) is 0 Å². The minimum absolute atomic E-state index is 0.204. The minimum Gasteiger partial charge on any atom is -0.497 e. The summed E-state index contributed by atoms with van der Waals surface area (Å²) in [5.41, 5.74) is 1.89. The molecular weight excluding hydrogens is 480 g/mol. The molecule has 0 unspecified atom stereocenters. The lowest BCUT2D eigenvalue weighted by atomic mass is 9.95. The van der Waals surface area contributed by atoms with Gasteiger partial charge < -0.3 is 18.9 Å². The Balaban J connectivity index is 2.00. The van der Waals surface area contributed by atoms with Crippen LogP contribution in [-0.2, 0) is 9.53 Å². The van der Waals surface area contributed by atoms with E-state index in [1.165, 1.54) is 11.3 Å². The third kappa shape index (κ3) is 4.66. The van der Waals surface area contributed by atoms with Crippen LogP contribution in [0.2, 0.25) is 0 Å². The summed E-state index contributed by atoms with van der Waals surface area (Å²) in [5, 5.41) is 0. The highest BCUT2D eigenvalue weighted by molar-refractivity contribution is 7.07. The third-order valence-corrected chi connectivity index (χ3v) is 6.74. The Morgan fingerprint density at radius 2 is 1.86 bits per heavy atom. The zero-order chi connectivity index (χ0) is 25.8. The van der Waals surface area contributed by atoms with Crippen LogP contribution in [-0.4, -0.2) is 38.0 Å². The van der Waals surface area contributed by atoms with Gasteiger partial charge in [0.25, 0.3) is 5.56 Å². The molecule has 3 aromatic rings. The van der Waals surface area contributed by atoms with Gasteiger partial charge in [-0.1, -0.05) is 29.5 Å². The first-order chi connectivity index (χ1) is 17.4. The van der Waals surface area contributed by atoms with E-state index in [1.54, 1.807) is 56.9 Å². The van der Waals surface area contributed by atoms with E-state index in [2.05, 4.69) is 4.99 Å². The van der Waals surface area contributed by atoms with Gasteiger partial charge in [-0.3, -0.25) is 9.36 Å². The molecule has 1 aliphatic heterocycles. The Bertz CT molecular complexity index is 1500. The maximum absolute atomic E-state index is 13.9. The van der Waals surface area contributed by atoms with Gasteiger partial charge in [0.05, 0.1) is 43.2 Å². The highest BCUT2D eigenvalue weighted by atomic mass is 32.1. The van der Waals surface area contributed by atoms with Crippen LogP contribution in [0, 0.1) is 0 Å². The summed E-state index contributed by atoms with van der Waals surface area (Å²) in [6, 6.07) is 12.0. The van der Waals surface area contributed by atoms with Gasteiger partial charge in [-0.15, -0.1) is 0 Å². The molecule has 2 heterocycles. The number of hydrogen-bond acceptors (Lipinski definition) is 8. The zero-order valence-corrected chi connectivity index (χ0v) is 21.7. The number of rotatable bonds is 8. The number of fused-ring (bicyclic) bond motifs is 1. The fraction of sp³-hybridized carbons (Fsp3) is 0.296. The standard InChI is InChI=1S/C27H28N2O6S/c1-6-34-21-11-9-8-10-19(21)24-23(26(31)35-7-2)16(3)28-27-29(24)25(30)22(36-27)15-17-14-18(32-4)12-13-20(17)33-5/h8-15,24H,6-7H2,1-5H3/b22-15-/t24-/m1/s1. The van der Waals surface area contributed by atoms with E-state index in [0.717, 1.165) is 0 Å². The maximum Gasteiger partial charge on any atom is 0.338 e. The fourth-order valence-electron chi connectivity index (χ4n) is 4.17. The molecule has 0 saturated carbocycles. The van der Waals surface area contributed by atoms with Crippen LogP contribution in [0.5, 0.6) is 17.2 Å². The molecule has 0 amide bonds. The van der Waals surface area contributed by atoms with Crippen LogP contribution < -0.4 is 29.1 Å². The molecule has 0 radical (unpaired) electrons. The van der Waals surface area contributed by atoms with Crippen molar-refractivity contribution in [2.75, 3.05) is 27.4 Å². The number of esters is 1. The number of para-hydroxylation sites is 1. The highest BCUT2D eigenvalue weighted by Gasteiger charge is 2.35. The Morgan fingerprint density at radius 3 is 2.56 bits per heavy atom. The molecule has 8 nitrogen and oxygen atoms in total. The average Bonchev–Trinajstić information content (AvgIpc) is 3.18. The van der Waals surface area contributed by atoms with Gasteiger partial charge in [0.2, 0.25) is 0 Å². The van der Waals surface area contributed by atoms with Crippen molar-refractivity contribution in [2.45, 2.75) is 26.8 Å². The summed E-state index contributed by atoms with van der Waals surface area (Å²) in [7, 11) is 3.15. The van der Waals surface area contributed by atoms with Crippen molar-refractivity contribution >= 4 is 23.4 Å². The van der Waals surface area contributed by atoms with E-state index in [9.17, 15) is 9.59 Å². The summed E-state index contributed by atoms with van der Waals surface area (Å²) in [6.07, 6.45) is 1.75. The lowest BCUT2D eigenvalue weighted by Gasteiger charge is -2.26. The number of allylic oxidation sites excluding steroid dienone is 1. The monoisotopic (exact) mass is 508 g/mol. The van der Waals surface area contributed by atoms with E-state index in [4.69, 9.17) is 18.9 Å². The number of ether oxygens (including phenoxy) is 4. The van der Waals surface area contributed by atoms with Crippen molar-refractivity contribution in [3.8, 4) is 17.2 Å². The fourth-order valence-corrected chi connectivity index (χ4v) is 5.21. The van der Waals surface area contributed by atoms with Crippen LogP contribution in [0.3, 0.4) is 0 Å². The van der Waals surface area contributed by atoms with Crippen molar-refractivity contribution in [3.05, 3.63) is 84.5 Å². The predicted molar refractivity (Wildman–Crippen MR) is 138 cm³/mol. The second kappa shape index (κ2) is 10.8. The molecule has 9 heteroatoms. The lowest BCUT2D eigenvalue weighted by Crippen LogP contribution is -2.40. The lowest BCUT2D eigenvalue weighted by molar-refractivity contribution is -0.139. The van der Waals surface area contributed by atoms with Gasteiger partial charge >= 0.3 is 5.97 Å². The van der Waals surface area contributed by atoms with Gasteiger partial charge in [-0.05, 0) is 51.1 Å². The molecule has 188 valence electrons. The molecule has 1 aromatic heterocycles. The molecule has 0 fully saturated rings. The Labute approximate surface area is 212 Å². The van der Waals surface area contributed by atoms with Crippen LogP contribution in [0.15, 0.2) is 63.5 Å². The second-order valence-corrected chi connectivity index (χ2v) is 8.89. The summed E-state index contributed by atoms with van der Waals surface area (Å²) in [4.78, 5) is 32.1. The Morgan fingerprint density at radius 1 is 1.08 bits per heavy atom. The molecule has 0 bridgehead atoms. The van der Waals surface area contributed by atoms with E-state index in [1.807, 2.05) is 31.2 Å². The molecule has 0 aliphatic carbocycles. The molecule has 36 heavy (non-hydrogen) atoms. The van der Waals surface area contributed by atoms with E-state index < -0.39 is 12.0 Å². The largest absolute Gasteiger partial charge is 0.497 e. The van der Waals surface area contributed by atoms with Crippen LogP contribution >= 0.6 is 11.3 Å². The number of hydrogen-bond donors (Lipinski definition) is 0. The topological polar surface area (TPSA) is 88.4 Å². The summed E-state index contributed by atoms with van der Waals surface area (Å²) in [5.74, 6) is 1.31. The van der Waals surface area contributed by atoms with Gasteiger partial charge in [0, 0.05) is 11.1 Å². The first-order valence-electron chi connectivity index (χ1n) is 11.6. The van der Waals surface area contributed by atoms with Gasteiger partial charge in [0.1, 0.15) is 23.3 Å². The average molecular weight is 509 g/mol. The number of carbonyl (C=O) groups excluding carboxylic acids is 1. The van der Waals surface area contributed by atoms with Crippen LogP contribution in [0.1, 0.15) is 37.9 Å². The van der Waals surface area contributed by atoms with E-state index in [0.29, 0.717) is 55.6 Å². The smallest absolute Gasteiger partial charge is 0.338 e. The van der Waals surface area contributed by atoms with Crippen molar-refractivity contribution < 1.29 is 23.7 Å². The second-order valence-electron chi connectivity index (χ2n) is 7.88. The molecular formula is C27H28N2O6S. The number of thiazole rings is 1. The molecule has 0 N–H and O–H groups in total. The zero-order valence-electron chi connectivity index (χ0n) is 20.9. The van der Waals surface area contributed by atoms with Gasteiger partial charge in [-0.2, -0.15) is 0 Å². The molecule has 1 atom stereocenters.